The average molecular weight is 292 g/mol. The Morgan fingerprint density at radius 3 is 3.00 bits per heavy atom. The zero-order valence-electron chi connectivity index (χ0n) is 11.7. The van der Waals surface area contributed by atoms with E-state index in [0.29, 0.717) is 5.82 Å². The monoisotopic (exact) mass is 292 g/mol. The van der Waals surface area contributed by atoms with E-state index in [4.69, 9.17) is 4.52 Å². The van der Waals surface area contributed by atoms with Gasteiger partial charge in [-0.25, -0.2) is 0 Å². The predicted octanol–water partition coefficient (Wildman–Crippen LogP) is 2.23. The van der Waals surface area contributed by atoms with Gasteiger partial charge in [-0.05, 0) is 56.9 Å². The first-order valence-corrected chi connectivity index (χ1v) is 7.96. The Labute approximate surface area is 123 Å². The number of thiophene rings is 1. The van der Waals surface area contributed by atoms with Crippen LogP contribution in [0, 0.1) is 5.92 Å². The zero-order chi connectivity index (χ0) is 13.8. The molecular formula is C14H20N4OS. The van der Waals surface area contributed by atoms with Gasteiger partial charge >= 0.3 is 0 Å². The van der Waals surface area contributed by atoms with Crippen LogP contribution in [-0.4, -0.2) is 41.7 Å². The van der Waals surface area contributed by atoms with Crippen molar-refractivity contribution in [2.45, 2.75) is 19.4 Å². The Morgan fingerprint density at radius 2 is 2.30 bits per heavy atom. The van der Waals surface area contributed by atoms with E-state index in [2.05, 4.69) is 20.4 Å². The van der Waals surface area contributed by atoms with Crippen molar-refractivity contribution in [2.24, 2.45) is 5.92 Å². The van der Waals surface area contributed by atoms with E-state index in [0.717, 1.165) is 42.9 Å². The summed E-state index contributed by atoms with van der Waals surface area (Å²) in [6.07, 6.45) is 2.49. The zero-order valence-corrected chi connectivity index (χ0v) is 12.5. The number of hydrogen-bond acceptors (Lipinski definition) is 6. The van der Waals surface area contributed by atoms with Crippen LogP contribution in [0.4, 0.5) is 0 Å². The fourth-order valence-corrected chi connectivity index (χ4v) is 3.30. The van der Waals surface area contributed by atoms with E-state index in [1.165, 1.54) is 12.8 Å². The number of nitrogens with one attached hydrogen (secondary N) is 1. The highest BCUT2D eigenvalue weighted by Gasteiger charge is 2.20. The predicted molar refractivity (Wildman–Crippen MR) is 79.5 cm³/mol. The fourth-order valence-electron chi connectivity index (χ4n) is 2.65. The van der Waals surface area contributed by atoms with E-state index >= 15 is 0 Å². The number of likely N-dealkylation sites (tertiary alicyclic amines) is 1. The van der Waals surface area contributed by atoms with Gasteiger partial charge in [0, 0.05) is 0 Å². The topological polar surface area (TPSA) is 54.2 Å². The van der Waals surface area contributed by atoms with Crippen LogP contribution in [0.5, 0.6) is 0 Å². The van der Waals surface area contributed by atoms with Crippen molar-refractivity contribution in [3.8, 4) is 10.7 Å². The Hall–Kier alpha value is -1.24. The van der Waals surface area contributed by atoms with Crippen molar-refractivity contribution in [2.75, 3.05) is 26.7 Å². The summed E-state index contributed by atoms with van der Waals surface area (Å²) < 4.78 is 5.36. The van der Waals surface area contributed by atoms with Gasteiger partial charge in [0.1, 0.15) is 0 Å². The second kappa shape index (κ2) is 6.47. The molecule has 1 saturated heterocycles. The molecule has 3 rings (SSSR count). The number of nitrogens with zero attached hydrogens (tertiary/aromatic N) is 3. The van der Waals surface area contributed by atoms with Gasteiger partial charge in [0.15, 0.2) is 0 Å². The van der Waals surface area contributed by atoms with Crippen LogP contribution in [0.1, 0.15) is 18.7 Å². The maximum Gasteiger partial charge on any atom is 0.241 e. The van der Waals surface area contributed by atoms with Gasteiger partial charge in [-0.3, -0.25) is 4.90 Å². The van der Waals surface area contributed by atoms with Gasteiger partial charge in [0.05, 0.1) is 11.4 Å². The van der Waals surface area contributed by atoms with Crippen molar-refractivity contribution >= 4 is 11.3 Å². The molecule has 0 radical (unpaired) electrons. The molecule has 3 heterocycles. The normalized spacial score (nSPS) is 17.6. The molecule has 0 bridgehead atoms. The Morgan fingerprint density at radius 1 is 1.45 bits per heavy atom. The summed E-state index contributed by atoms with van der Waals surface area (Å²) in [6.45, 7) is 4.12. The molecule has 2 aromatic rings. The first-order valence-electron chi connectivity index (χ1n) is 7.08. The van der Waals surface area contributed by atoms with Crippen LogP contribution in [-0.2, 0) is 6.54 Å². The molecule has 0 aliphatic carbocycles. The molecule has 5 nitrogen and oxygen atoms in total. The van der Waals surface area contributed by atoms with Gasteiger partial charge in [-0.1, -0.05) is 11.2 Å². The van der Waals surface area contributed by atoms with E-state index in [1.54, 1.807) is 11.3 Å². The third-order valence-electron chi connectivity index (χ3n) is 3.77. The Balaban J connectivity index is 1.54. The number of aromatic nitrogens is 2. The second-order valence-corrected chi connectivity index (χ2v) is 6.21. The lowest BCUT2D eigenvalue weighted by Crippen LogP contribution is -2.36. The van der Waals surface area contributed by atoms with E-state index in [-0.39, 0.29) is 0 Å². The van der Waals surface area contributed by atoms with Gasteiger partial charge < -0.3 is 9.84 Å². The average Bonchev–Trinajstić information content (AvgIpc) is 3.12. The van der Waals surface area contributed by atoms with Crippen LogP contribution in [0.25, 0.3) is 10.7 Å². The van der Waals surface area contributed by atoms with Crippen molar-refractivity contribution in [3.05, 3.63) is 23.4 Å². The highest BCUT2D eigenvalue weighted by atomic mass is 32.1. The summed E-state index contributed by atoms with van der Waals surface area (Å²) in [6, 6.07) is 4.02. The maximum atomic E-state index is 5.36. The van der Waals surface area contributed by atoms with Crippen LogP contribution < -0.4 is 5.32 Å². The van der Waals surface area contributed by atoms with Gasteiger partial charge in [-0.15, -0.1) is 11.3 Å². The lowest BCUT2D eigenvalue weighted by Gasteiger charge is -2.30. The Bertz CT molecular complexity index is 517. The van der Waals surface area contributed by atoms with E-state index in [1.807, 2.05) is 24.6 Å². The molecule has 108 valence electrons. The molecule has 0 aromatic carbocycles. The lowest BCUT2D eigenvalue weighted by atomic mass is 9.97. The minimum atomic E-state index is 0.708. The number of rotatable bonds is 5. The molecule has 1 fully saturated rings. The van der Waals surface area contributed by atoms with Crippen LogP contribution in [0.3, 0.4) is 0 Å². The molecule has 1 aliphatic heterocycles. The maximum absolute atomic E-state index is 5.36. The second-order valence-electron chi connectivity index (χ2n) is 5.27. The first-order chi connectivity index (χ1) is 9.85. The lowest BCUT2D eigenvalue weighted by molar-refractivity contribution is 0.159. The molecule has 0 unspecified atom stereocenters. The van der Waals surface area contributed by atoms with E-state index < -0.39 is 0 Å². The summed E-state index contributed by atoms with van der Waals surface area (Å²) in [7, 11) is 2.02. The highest BCUT2D eigenvalue weighted by molar-refractivity contribution is 7.13. The van der Waals surface area contributed by atoms with Crippen molar-refractivity contribution < 1.29 is 4.52 Å². The molecule has 6 heteroatoms. The van der Waals surface area contributed by atoms with Crippen LogP contribution in [0.15, 0.2) is 22.0 Å². The molecule has 20 heavy (non-hydrogen) atoms. The third kappa shape index (κ3) is 3.26. The molecule has 1 aliphatic rings. The minimum Gasteiger partial charge on any atom is -0.338 e. The largest absolute Gasteiger partial charge is 0.338 e. The molecule has 1 N–H and O–H groups in total. The van der Waals surface area contributed by atoms with E-state index in [9.17, 15) is 0 Å². The highest BCUT2D eigenvalue weighted by Crippen LogP contribution is 2.22. The molecule has 0 saturated carbocycles. The smallest absolute Gasteiger partial charge is 0.241 e. The quantitative estimate of drug-likeness (QED) is 0.916. The van der Waals surface area contributed by atoms with Crippen molar-refractivity contribution in [1.82, 2.24) is 20.4 Å². The summed E-state index contributed by atoms with van der Waals surface area (Å²) in [5, 5.41) is 9.34. The number of hydrogen-bond donors (Lipinski definition) is 1. The van der Waals surface area contributed by atoms with Crippen LogP contribution in [0.2, 0.25) is 0 Å². The summed E-state index contributed by atoms with van der Waals surface area (Å²) in [5.41, 5.74) is 0. The summed E-state index contributed by atoms with van der Waals surface area (Å²) in [5.74, 6) is 2.24. The fraction of sp³-hybridized carbons (Fsp3) is 0.571. The molecular weight excluding hydrogens is 272 g/mol. The van der Waals surface area contributed by atoms with Gasteiger partial charge in [0.2, 0.25) is 11.7 Å². The SMILES string of the molecule is CNCC1CCN(Cc2nc(-c3cccs3)no2)CC1. The molecule has 0 amide bonds. The van der Waals surface area contributed by atoms with Crippen molar-refractivity contribution in [1.29, 1.82) is 0 Å². The molecule has 0 spiro atoms. The van der Waals surface area contributed by atoms with Crippen LogP contribution >= 0.6 is 11.3 Å². The first kappa shape index (κ1) is 13.7. The van der Waals surface area contributed by atoms with Gasteiger partial charge in [-0.2, -0.15) is 4.98 Å². The standard InChI is InChI=1S/C14H20N4OS/c1-15-9-11-4-6-18(7-5-11)10-13-16-14(17-19-13)12-3-2-8-20-12/h2-3,8,11,15H,4-7,9-10H2,1H3. The third-order valence-corrected chi connectivity index (χ3v) is 4.63. The summed E-state index contributed by atoms with van der Waals surface area (Å²) in [4.78, 5) is 7.94. The Kier molecular flexibility index (Phi) is 4.44. The minimum absolute atomic E-state index is 0.708. The number of piperidine rings is 1. The molecule has 0 atom stereocenters. The molecule has 2 aromatic heterocycles. The summed E-state index contributed by atoms with van der Waals surface area (Å²) >= 11 is 1.64. The van der Waals surface area contributed by atoms with Crippen molar-refractivity contribution in [3.63, 3.8) is 0 Å². The van der Waals surface area contributed by atoms with Gasteiger partial charge in [0.25, 0.3) is 0 Å².